The fourth-order valence-electron chi connectivity index (χ4n) is 6.72. The number of para-hydroxylation sites is 1. The van der Waals surface area contributed by atoms with Crippen LogP contribution in [0.25, 0.3) is 10.9 Å². The van der Waals surface area contributed by atoms with Gasteiger partial charge in [0, 0.05) is 23.5 Å². The van der Waals surface area contributed by atoms with Gasteiger partial charge in [0.1, 0.15) is 19.0 Å². The topological polar surface area (TPSA) is 130 Å². The molecule has 53 heavy (non-hydrogen) atoms. The summed E-state index contributed by atoms with van der Waals surface area (Å²) in [6.45, 7) is 0.207. The van der Waals surface area contributed by atoms with Gasteiger partial charge < -0.3 is 30.2 Å². The maximum absolute atomic E-state index is 13.8. The van der Waals surface area contributed by atoms with Crippen molar-refractivity contribution >= 4 is 28.7 Å². The van der Waals surface area contributed by atoms with Crippen LogP contribution in [0.1, 0.15) is 41.5 Å². The Kier molecular flexibility index (Phi) is 13.1. The SMILES string of the molecule is O=C(C[C@H]1CC=CC[C@@H](Cc2ccccc2)C(=O)OC[C@H](Cc2c[nH]c3ccccc23)NC1=O)N[C@H](CO)Cc1ccc(OCc2ccccc2)cc1. The highest BCUT2D eigenvalue weighted by atomic mass is 16.5. The van der Waals surface area contributed by atoms with Crippen molar-refractivity contribution in [2.45, 2.75) is 57.2 Å². The monoisotopic (exact) mass is 713 g/mol. The summed E-state index contributed by atoms with van der Waals surface area (Å²) >= 11 is 0. The van der Waals surface area contributed by atoms with Crippen molar-refractivity contribution in [1.29, 1.82) is 0 Å². The van der Waals surface area contributed by atoms with Gasteiger partial charge in [-0.15, -0.1) is 0 Å². The van der Waals surface area contributed by atoms with E-state index in [0.717, 1.165) is 38.9 Å². The number of allylic oxidation sites excluding steroid dienone is 2. The lowest BCUT2D eigenvalue weighted by atomic mass is 9.94. The first-order valence-electron chi connectivity index (χ1n) is 18.3. The van der Waals surface area contributed by atoms with Crippen molar-refractivity contribution in [3.63, 3.8) is 0 Å². The molecule has 4 N–H and O–H groups in total. The molecule has 4 aromatic carbocycles. The van der Waals surface area contributed by atoms with Gasteiger partial charge in [0.25, 0.3) is 0 Å². The number of aromatic amines is 1. The lowest BCUT2D eigenvalue weighted by Crippen LogP contribution is -2.46. The molecule has 4 atom stereocenters. The second kappa shape index (κ2) is 18.7. The molecule has 0 aliphatic carbocycles. The number of hydrogen-bond donors (Lipinski definition) is 4. The molecule has 0 bridgehead atoms. The minimum Gasteiger partial charge on any atom is -0.489 e. The lowest BCUT2D eigenvalue weighted by Gasteiger charge is -2.25. The number of amides is 2. The number of hydrogen-bond acceptors (Lipinski definition) is 6. The van der Waals surface area contributed by atoms with E-state index in [2.05, 4.69) is 15.6 Å². The van der Waals surface area contributed by atoms with E-state index < -0.39 is 23.9 Å². The maximum Gasteiger partial charge on any atom is 0.309 e. The zero-order valence-corrected chi connectivity index (χ0v) is 29.8. The molecule has 0 saturated carbocycles. The van der Waals surface area contributed by atoms with E-state index in [1.807, 2.05) is 128 Å². The number of benzene rings is 4. The second-order valence-electron chi connectivity index (χ2n) is 13.7. The Bertz CT molecular complexity index is 1960. The predicted molar refractivity (Wildman–Crippen MR) is 205 cm³/mol. The van der Waals surface area contributed by atoms with Gasteiger partial charge >= 0.3 is 5.97 Å². The van der Waals surface area contributed by atoms with Crippen LogP contribution in [0.2, 0.25) is 0 Å². The first kappa shape index (κ1) is 37.1. The van der Waals surface area contributed by atoms with Crippen molar-refractivity contribution in [2.24, 2.45) is 11.8 Å². The number of carbonyl (C=O) groups is 3. The zero-order chi connectivity index (χ0) is 36.8. The quantitative estimate of drug-likeness (QED) is 0.0844. The standard InChI is InChI=1S/C44H47N3O6/c48-28-37(24-32-19-21-39(22-20-32)52-29-33-13-5-2-6-14-33)46-42(49)26-34-15-7-8-16-35(23-31-11-3-1-4-12-31)44(51)53-30-38(47-43(34)50)25-36-27-45-41-18-10-9-17-40(36)41/h1-14,17-22,27,34-35,37-38,45,48H,15-16,23-26,28-30H2,(H,46,49)(H,47,50)/t34-,35+,37+,38+/m1/s1. The van der Waals surface area contributed by atoms with Crippen LogP contribution in [0.3, 0.4) is 0 Å². The molecule has 2 heterocycles. The molecule has 0 unspecified atom stereocenters. The number of fused-ring (bicyclic) bond motifs is 1. The minimum atomic E-state index is -0.667. The summed E-state index contributed by atoms with van der Waals surface area (Å²) in [6.07, 6.45) is 7.78. The van der Waals surface area contributed by atoms with Crippen molar-refractivity contribution in [2.75, 3.05) is 13.2 Å². The average molecular weight is 714 g/mol. The highest BCUT2D eigenvalue weighted by molar-refractivity contribution is 5.87. The lowest BCUT2D eigenvalue weighted by molar-refractivity contribution is -0.150. The molecule has 274 valence electrons. The van der Waals surface area contributed by atoms with Crippen LogP contribution in [0.4, 0.5) is 0 Å². The number of ether oxygens (including phenoxy) is 2. The molecular weight excluding hydrogens is 666 g/mol. The number of aliphatic hydroxyl groups is 1. The van der Waals surface area contributed by atoms with Crippen molar-refractivity contribution in [1.82, 2.24) is 15.6 Å². The normalized spacial score (nSPS) is 18.6. The van der Waals surface area contributed by atoms with Crippen LogP contribution in [0, 0.1) is 11.8 Å². The molecule has 0 saturated heterocycles. The third-order valence-electron chi connectivity index (χ3n) is 9.62. The fourth-order valence-corrected chi connectivity index (χ4v) is 6.72. The van der Waals surface area contributed by atoms with E-state index in [1.165, 1.54) is 0 Å². The number of esters is 1. The summed E-state index contributed by atoms with van der Waals surface area (Å²) < 4.78 is 11.8. The molecule has 2 amide bonds. The second-order valence-corrected chi connectivity index (χ2v) is 13.7. The summed E-state index contributed by atoms with van der Waals surface area (Å²) in [5.74, 6) is -1.26. The molecule has 6 rings (SSSR count). The van der Waals surface area contributed by atoms with Crippen LogP contribution >= 0.6 is 0 Å². The Balaban J connectivity index is 1.11. The molecule has 1 aliphatic heterocycles. The zero-order valence-electron chi connectivity index (χ0n) is 29.8. The van der Waals surface area contributed by atoms with Gasteiger partial charge in [0.05, 0.1) is 30.5 Å². The Morgan fingerprint density at radius 1 is 0.811 bits per heavy atom. The van der Waals surface area contributed by atoms with Crippen molar-refractivity contribution in [3.05, 3.63) is 150 Å². The predicted octanol–water partition coefficient (Wildman–Crippen LogP) is 6.25. The van der Waals surface area contributed by atoms with Crippen LogP contribution in [-0.4, -0.2) is 53.2 Å². The van der Waals surface area contributed by atoms with E-state index in [-0.39, 0.29) is 37.4 Å². The molecule has 0 spiro atoms. The van der Waals surface area contributed by atoms with Gasteiger partial charge in [-0.1, -0.05) is 103 Å². The molecule has 0 radical (unpaired) electrons. The van der Waals surface area contributed by atoms with Crippen LogP contribution < -0.4 is 15.4 Å². The Hall–Kier alpha value is -5.67. The summed E-state index contributed by atoms with van der Waals surface area (Å²) in [4.78, 5) is 43.9. The average Bonchev–Trinajstić information content (AvgIpc) is 3.59. The molecule has 0 fully saturated rings. The highest BCUT2D eigenvalue weighted by Gasteiger charge is 2.28. The van der Waals surface area contributed by atoms with E-state index in [1.54, 1.807) is 0 Å². The first-order chi connectivity index (χ1) is 25.9. The first-order valence-corrected chi connectivity index (χ1v) is 18.3. The smallest absolute Gasteiger partial charge is 0.309 e. The molecule has 1 aromatic heterocycles. The van der Waals surface area contributed by atoms with Gasteiger partial charge in [0.2, 0.25) is 11.8 Å². The van der Waals surface area contributed by atoms with Gasteiger partial charge in [-0.05, 0) is 72.6 Å². The Morgan fingerprint density at radius 3 is 2.23 bits per heavy atom. The number of rotatable bonds is 13. The Morgan fingerprint density at radius 2 is 1.49 bits per heavy atom. The van der Waals surface area contributed by atoms with Gasteiger partial charge in [-0.3, -0.25) is 14.4 Å². The summed E-state index contributed by atoms with van der Waals surface area (Å²) in [7, 11) is 0. The third kappa shape index (κ3) is 10.9. The summed E-state index contributed by atoms with van der Waals surface area (Å²) in [6, 6.07) is 34.3. The van der Waals surface area contributed by atoms with Crippen molar-refractivity contribution < 1.29 is 29.0 Å². The van der Waals surface area contributed by atoms with Crippen molar-refractivity contribution in [3.8, 4) is 5.75 Å². The van der Waals surface area contributed by atoms with E-state index in [9.17, 15) is 19.5 Å². The Labute approximate surface area is 310 Å². The van der Waals surface area contributed by atoms with Gasteiger partial charge in [0.15, 0.2) is 0 Å². The molecule has 5 aromatic rings. The molecule has 1 aliphatic rings. The van der Waals surface area contributed by atoms with E-state index >= 15 is 0 Å². The highest BCUT2D eigenvalue weighted by Crippen LogP contribution is 2.22. The summed E-state index contributed by atoms with van der Waals surface area (Å²) in [5.41, 5.74) is 5.02. The number of carbonyl (C=O) groups excluding carboxylic acids is 3. The van der Waals surface area contributed by atoms with Crippen LogP contribution in [0.15, 0.2) is 128 Å². The number of nitrogens with one attached hydrogen (secondary N) is 3. The van der Waals surface area contributed by atoms with Gasteiger partial charge in [-0.2, -0.15) is 0 Å². The fraction of sp³-hybridized carbons (Fsp3) is 0.295. The summed E-state index contributed by atoms with van der Waals surface area (Å²) in [5, 5.41) is 17.3. The van der Waals surface area contributed by atoms with Crippen LogP contribution in [0.5, 0.6) is 5.75 Å². The maximum atomic E-state index is 13.8. The number of aliphatic hydroxyl groups excluding tert-OH is 1. The number of cyclic esters (lactones) is 1. The van der Waals surface area contributed by atoms with Crippen LogP contribution in [-0.2, 0) is 45.0 Å². The third-order valence-corrected chi connectivity index (χ3v) is 9.62. The van der Waals surface area contributed by atoms with Gasteiger partial charge in [-0.25, -0.2) is 0 Å². The minimum absolute atomic E-state index is 0.000667. The largest absolute Gasteiger partial charge is 0.489 e. The number of aromatic nitrogens is 1. The molecular formula is C44H47N3O6. The molecule has 9 heteroatoms. The molecule has 9 nitrogen and oxygen atoms in total. The van der Waals surface area contributed by atoms with E-state index in [4.69, 9.17) is 9.47 Å². The number of H-pyrrole nitrogens is 1. The van der Waals surface area contributed by atoms with E-state index in [0.29, 0.717) is 38.7 Å².